The van der Waals surface area contributed by atoms with Gasteiger partial charge in [-0.05, 0) is 24.0 Å². The molecular weight excluding hydrogens is 248 g/mol. The molecule has 1 aromatic carbocycles. The topological polar surface area (TPSA) is 44.9 Å². The van der Waals surface area contributed by atoms with E-state index in [0.717, 1.165) is 35.3 Å². The highest BCUT2D eigenvalue weighted by Crippen LogP contribution is 2.26. The van der Waals surface area contributed by atoms with Crippen LogP contribution in [0.5, 0.6) is 0 Å². The van der Waals surface area contributed by atoms with Crippen LogP contribution in [-0.4, -0.2) is 17.4 Å². The first-order valence-electron chi connectivity index (χ1n) is 7.64. The summed E-state index contributed by atoms with van der Waals surface area (Å²) in [6, 6.07) is 8.12. The van der Waals surface area contributed by atoms with Crippen molar-refractivity contribution >= 4 is 16.8 Å². The van der Waals surface area contributed by atoms with Gasteiger partial charge in [-0.3, -0.25) is 4.79 Å². The highest BCUT2D eigenvalue weighted by Gasteiger charge is 2.15. The summed E-state index contributed by atoms with van der Waals surface area (Å²) in [5, 5.41) is 4.21. The maximum Gasteiger partial charge on any atom is 0.224 e. The van der Waals surface area contributed by atoms with E-state index >= 15 is 0 Å². The molecule has 3 nitrogen and oxygen atoms in total. The fourth-order valence-corrected chi connectivity index (χ4v) is 3.23. The number of H-pyrrole nitrogens is 1. The number of rotatable bonds is 5. The summed E-state index contributed by atoms with van der Waals surface area (Å²) < 4.78 is 0. The molecule has 0 radical (unpaired) electrons. The number of amides is 1. The lowest BCUT2D eigenvalue weighted by Crippen LogP contribution is -2.27. The molecule has 1 fully saturated rings. The van der Waals surface area contributed by atoms with Crippen molar-refractivity contribution in [2.45, 2.75) is 38.5 Å². The molecule has 0 saturated heterocycles. The van der Waals surface area contributed by atoms with E-state index in [9.17, 15) is 4.79 Å². The Kier molecular flexibility index (Phi) is 4.05. The van der Waals surface area contributed by atoms with Crippen LogP contribution in [0.3, 0.4) is 0 Å². The van der Waals surface area contributed by atoms with Gasteiger partial charge >= 0.3 is 0 Å². The van der Waals surface area contributed by atoms with Crippen molar-refractivity contribution in [1.82, 2.24) is 10.3 Å². The molecular formula is C17H22N2O. The molecule has 1 aliphatic carbocycles. The Morgan fingerprint density at radius 3 is 2.90 bits per heavy atom. The second kappa shape index (κ2) is 6.12. The average Bonchev–Trinajstić information content (AvgIpc) is 3.09. The molecule has 0 aliphatic heterocycles. The van der Waals surface area contributed by atoms with Gasteiger partial charge in [-0.2, -0.15) is 0 Å². The molecule has 0 unspecified atom stereocenters. The third-order valence-electron chi connectivity index (χ3n) is 4.38. The van der Waals surface area contributed by atoms with Crippen LogP contribution in [0.4, 0.5) is 0 Å². The maximum atomic E-state index is 12.0. The number of carbonyl (C=O) groups is 1. The third-order valence-corrected chi connectivity index (χ3v) is 4.38. The predicted molar refractivity (Wildman–Crippen MR) is 81.6 cm³/mol. The fourth-order valence-electron chi connectivity index (χ4n) is 3.23. The standard InChI is InChI=1S/C17H22N2O/c20-17(18-10-9-13-5-1-2-6-13)11-14-12-19-16-8-4-3-7-15(14)16/h3-4,7-8,12-13,19H,1-2,5-6,9-11H2,(H,18,20). The van der Waals surface area contributed by atoms with Crippen molar-refractivity contribution < 1.29 is 4.79 Å². The molecule has 1 aromatic heterocycles. The van der Waals surface area contributed by atoms with Gasteiger partial charge < -0.3 is 10.3 Å². The first-order valence-corrected chi connectivity index (χ1v) is 7.64. The minimum Gasteiger partial charge on any atom is -0.361 e. The van der Waals surface area contributed by atoms with Crippen LogP contribution in [0.2, 0.25) is 0 Å². The van der Waals surface area contributed by atoms with Gasteiger partial charge in [0.2, 0.25) is 5.91 Å². The van der Waals surface area contributed by atoms with E-state index in [2.05, 4.69) is 16.4 Å². The molecule has 1 saturated carbocycles. The zero-order valence-electron chi connectivity index (χ0n) is 11.8. The number of benzene rings is 1. The molecule has 1 aliphatic rings. The second-order valence-electron chi connectivity index (χ2n) is 5.83. The molecule has 1 heterocycles. The van der Waals surface area contributed by atoms with Gasteiger partial charge in [-0.1, -0.05) is 43.9 Å². The third kappa shape index (κ3) is 3.03. The molecule has 3 heteroatoms. The van der Waals surface area contributed by atoms with Crippen LogP contribution in [-0.2, 0) is 11.2 Å². The van der Waals surface area contributed by atoms with Crippen LogP contribution in [0.1, 0.15) is 37.7 Å². The quantitative estimate of drug-likeness (QED) is 0.859. The lowest BCUT2D eigenvalue weighted by atomic mass is 10.0. The number of para-hydroxylation sites is 1. The molecule has 0 bridgehead atoms. The molecule has 20 heavy (non-hydrogen) atoms. The van der Waals surface area contributed by atoms with E-state index in [-0.39, 0.29) is 5.91 Å². The molecule has 2 N–H and O–H groups in total. The van der Waals surface area contributed by atoms with Crippen molar-refractivity contribution in [3.05, 3.63) is 36.0 Å². The van der Waals surface area contributed by atoms with Crippen molar-refractivity contribution in [2.75, 3.05) is 6.54 Å². The Morgan fingerprint density at radius 2 is 2.05 bits per heavy atom. The highest BCUT2D eigenvalue weighted by molar-refractivity contribution is 5.88. The van der Waals surface area contributed by atoms with E-state index in [0.29, 0.717) is 6.42 Å². The summed E-state index contributed by atoms with van der Waals surface area (Å²) in [6.07, 6.45) is 8.98. The van der Waals surface area contributed by atoms with Gasteiger partial charge in [0.1, 0.15) is 0 Å². The predicted octanol–water partition coefficient (Wildman–Crippen LogP) is 3.41. The van der Waals surface area contributed by atoms with Crippen LogP contribution in [0.25, 0.3) is 10.9 Å². The first kappa shape index (κ1) is 13.2. The van der Waals surface area contributed by atoms with Gasteiger partial charge in [-0.25, -0.2) is 0 Å². The first-order chi connectivity index (χ1) is 9.83. The maximum absolute atomic E-state index is 12.0. The number of hydrogen-bond donors (Lipinski definition) is 2. The number of nitrogens with one attached hydrogen (secondary N) is 2. The average molecular weight is 270 g/mol. The van der Waals surface area contributed by atoms with Crippen LogP contribution >= 0.6 is 0 Å². The molecule has 2 aromatic rings. The lowest BCUT2D eigenvalue weighted by molar-refractivity contribution is -0.120. The smallest absolute Gasteiger partial charge is 0.224 e. The minimum atomic E-state index is 0.132. The van der Waals surface area contributed by atoms with E-state index < -0.39 is 0 Å². The van der Waals surface area contributed by atoms with Crippen LogP contribution < -0.4 is 5.32 Å². The largest absolute Gasteiger partial charge is 0.361 e. The zero-order chi connectivity index (χ0) is 13.8. The second-order valence-corrected chi connectivity index (χ2v) is 5.83. The van der Waals surface area contributed by atoms with Gasteiger partial charge in [0.15, 0.2) is 0 Å². The van der Waals surface area contributed by atoms with Gasteiger partial charge in [0.25, 0.3) is 0 Å². The zero-order valence-corrected chi connectivity index (χ0v) is 11.8. The summed E-state index contributed by atoms with van der Waals surface area (Å²) >= 11 is 0. The summed E-state index contributed by atoms with van der Waals surface area (Å²) in [5.41, 5.74) is 2.18. The van der Waals surface area contributed by atoms with Crippen molar-refractivity contribution in [3.63, 3.8) is 0 Å². The van der Waals surface area contributed by atoms with Crippen molar-refractivity contribution in [2.24, 2.45) is 5.92 Å². The minimum absolute atomic E-state index is 0.132. The summed E-state index contributed by atoms with van der Waals surface area (Å²) in [7, 11) is 0. The monoisotopic (exact) mass is 270 g/mol. The Labute approximate surface area is 119 Å². The fraction of sp³-hybridized carbons (Fsp3) is 0.471. The van der Waals surface area contributed by atoms with Gasteiger partial charge in [0.05, 0.1) is 6.42 Å². The molecule has 1 amide bonds. The Hall–Kier alpha value is -1.77. The number of hydrogen-bond acceptors (Lipinski definition) is 1. The van der Waals surface area contributed by atoms with E-state index in [4.69, 9.17) is 0 Å². The van der Waals surface area contributed by atoms with E-state index in [1.165, 1.54) is 25.7 Å². The Bertz CT molecular complexity index is 581. The summed E-state index contributed by atoms with van der Waals surface area (Å²) in [4.78, 5) is 15.2. The Balaban J connectivity index is 1.50. The number of aromatic nitrogens is 1. The molecule has 0 atom stereocenters. The molecule has 0 spiro atoms. The highest BCUT2D eigenvalue weighted by atomic mass is 16.1. The van der Waals surface area contributed by atoms with E-state index in [1.54, 1.807) is 0 Å². The Morgan fingerprint density at radius 1 is 1.25 bits per heavy atom. The van der Waals surface area contributed by atoms with Crippen molar-refractivity contribution in [3.8, 4) is 0 Å². The lowest BCUT2D eigenvalue weighted by Gasteiger charge is -2.09. The summed E-state index contributed by atoms with van der Waals surface area (Å²) in [6.45, 7) is 0.825. The SMILES string of the molecule is O=C(Cc1c[nH]c2ccccc12)NCCC1CCCC1. The number of aromatic amines is 1. The normalized spacial score (nSPS) is 15.8. The van der Waals surface area contributed by atoms with Crippen LogP contribution in [0, 0.1) is 5.92 Å². The summed E-state index contributed by atoms with van der Waals surface area (Å²) in [5.74, 6) is 0.969. The number of fused-ring (bicyclic) bond motifs is 1. The van der Waals surface area contributed by atoms with Crippen molar-refractivity contribution in [1.29, 1.82) is 0 Å². The van der Waals surface area contributed by atoms with Crippen LogP contribution in [0.15, 0.2) is 30.5 Å². The molecule has 3 rings (SSSR count). The van der Waals surface area contributed by atoms with E-state index in [1.807, 2.05) is 24.4 Å². The van der Waals surface area contributed by atoms with Gasteiger partial charge in [0, 0.05) is 23.6 Å². The molecule has 106 valence electrons. The van der Waals surface area contributed by atoms with Gasteiger partial charge in [-0.15, -0.1) is 0 Å². The number of carbonyl (C=O) groups excluding carboxylic acids is 1.